The summed E-state index contributed by atoms with van der Waals surface area (Å²) in [7, 11) is 0. The summed E-state index contributed by atoms with van der Waals surface area (Å²) < 4.78 is 10.6. The van der Waals surface area contributed by atoms with Crippen LogP contribution >= 0.6 is 0 Å². The van der Waals surface area contributed by atoms with E-state index in [1.165, 1.54) is 0 Å². The zero-order valence-electron chi connectivity index (χ0n) is 13.8. The van der Waals surface area contributed by atoms with Crippen LogP contribution in [0.5, 0.6) is 0 Å². The molecule has 0 bridgehead atoms. The van der Waals surface area contributed by atoms with Gasteiger partial charge in [-0.15, -0.1) is 0 Å². The maximum absolute atomic E-state index is 9.96. The van der Waals surface area contributed by atoms with Crippen LogP contribution in [0.4, 0.5) is 0 Å². The summed E-state index contributed by atoms with van der Waals surface area (Å²) in [6, 6.07) is 0. The van der Waals surface area contributed by atoms with Gasteiger partial charge < -0.3 is 35.0 Å². The molecule has 0 aromatic heterocycles. The largest absolute Gasteiger partial charge is 0.394 e. The molecule has 0 aliphatic carbocycles. The molecule has 6 atom stereocenters. The summed E-state index contributed by atoms with van der Waals surface area (Å²) in [6.07, 6.45) is -2.97. The molecule has 7 heteroatoms. The summed E-state index contributed by atoms with van der Waals surface area (Å²) in [5.74, 6) is 0. The lowest BCUT2D eigenvalue weighted by atomic mass is 9.99. The van der Waals surface area contributed by atoms with E-state index in [1.807, 2.05) is 19.9 Å². The highest BCUT2D eigenvalue weighted by molar-refractivity contribution is 5.08. The van der Waals surface area contributed by atoms with Crippen molar-refractivity contribution in [3.8, 4) is 0 Å². The van der Waals surface area contributed by atoms with E-state index in [1.54, 1.807) is 13.0 Å². The van der Waals surface area contributed by atoms with Gasteiger partial charge in [-0.2, -0.15) is 0 Å². The van der Waals surface area contributed by atoms with E-state index in [0.717, 1.165) is 5.57 Å². The number of aliphatic hydroxyl groups is 5. The second-order valence-corrected chi connectivity index (χ2v) is 6.01. The van der Waals surface area contributed by atoms with Crippen LogP contribution in [0.25, 0.3) is 0 Å². The minimum Gasteiger partial charge on any atom is -0.394 e. The topological polar surface area (TPSA) is 120 Å². The summed E-state index contributed by atoms with van der Waals surface area (Å²) in [5, 5.41) is 48.2. The average Bonchev–Trinajstić information content (AvgIpc) is 2.52. The van der Waals surface area contributed by atoms with Crippen molar-refractivity contribution in [1.82, 2.24) is 0 Å². The van der Waals surface area contributed by atoms with Gasteiger partial charge in [-0.05, 0) is 32.8 Å². The summed E-state index contributed by atoms with van der Waals surface area (Å²) in [5.41, 5.74) is 1.83. The van der Waals surface area contributed by atoms with Gasteiger partial charge in [0.1, 0.15) is 24.4 Å². The molecule has 0 unspecified atom stereocenters. The van der Waals surface area contributed by atoms with Crippen molar-refractivity contribution < 1.29 is 35.0 Å². The molecule has 0 spiro atoms. The van der Waals surface area contributed by atoms with Crippen LogP contribution in [0, 0.1) is 0 Å². The number of aliphatic hydroxyl groups excluding tert-OH is 5. The Hall–Kier alpha value is -0.800. The van der Waals surface area contributed by atoms with Crippen LogP contribution < -0.4 is 0 Å². The highest BCUT2D eigenvalue weighted by Gasteiger charge is 2.43. The molecule has 0 saturated carbocycles. The highest BCUT2D eigenvalue weighted by atomic mass is 16.7. The fourth-order valence-corrected chi connectivity index (χ4v) is 2.15. The lowest BCUT2D eigenvalue weighted by Crippen LogP contribution is -2.59. The second kappa shape index (κ2) is 9.48. The predicted octanol–water partition coefficient (Wildman–Crippen LogP) is -0.534. The van der Waals surface area contributed by atoms with E-state index in [0.29, 0.717) is 12.0 Å². The Labute approximate surface area is 136 Å². The van der Waals surface area contributed by atoms with Crippen molar-refractivity contribution in [2.24, 2.45) is 0 Å². The minimum absolute atomic E-state index is 0.0560. The number of allylic oxidation sites excluding steroid dienone is 1. The molecule has 0 aromatic rings. The monoisotopic (exact) mass is 332 g/mol. The molecule has 134 valence electrons. The second-order valence-electron chi connectivity index (χ2n) is 6.01. The summed E-state index contributed by atoms with van der Waals surface area (Å²) in [4.78, 5) is 0. The SMILES string of the molecule is CC(C)=CC[C@@H](O)C(C)=CCO[C@@H]1O[C@H](CO)[C@@H](O)[C@H](O)[C@H]1O. The van der Waals surface area contributed by atoms with Gasteiger partial charge in [0, 0.05) is 0 Å². The molecular weight excluding hydrogens is 304 g/mol. The van der Waals surface area contributed by atoms with Crippen LogP contribution in [-0.4, -0.2) is 75.6 Å². The molecule has 1 aliphatic heterocycles. The number of ether oxygens (including phenoxy) is 2. The minimum atomic E-state index is -1.46. The fraction of sp³-hybridized carbons (Fsp3) is 0.750. The van der Waals surface area contributed by atoms with Gasteiger partial charge in [-0.25, -0.2) is 0 Å². The van der Waals surface area contributed by atoms with Crippen LogP contribution in [-0.2, 0) is 9.47 Å². The third-order valence-electron chi connectivity index (χ3n) is 3.79. The molecule has 23 heavy (non-hydrogen) atoms. The van der Waals surface area contributed by atoms with Crippen molar-refractivity contribution >= 4 is 0 Å². The van der Waals surface area contributed by atoms with Crippen molar-refractivity contribution in [3.05, 3.63) is 23.3 Å². The molecule has 1 saturated heterocycles. The van der Waals surface area contributed by atoms with Gasteiger partial charge in [-0.1, -0.05) is 17.7 Å². The molecule has 1 fully saturated rings. The van der Waals surface area contributed by atoms with E-state index < -0.39 is 43.4 Å². The lowest BCUT2D eigenvalue weighted by molar-refractivity contribution is -0.298. The Morgan fingerprint density at radius 2 is 1.74 bits per heavy atom. The Bertz CT molecular complexity index is 415. The number of hydrogen-bond acceptors (Lipinski definition) is 7. The molecule has 1 rings (SSSR count). The quantitative estimate of drug-likeness (QED) is 0.397. The van der Waals surface area contributed by atoms with Crippen LogP contribution in [0.15, 0.2) is 23.3 Å². The van der Waals surface area contributed by atoms with Crippen LogP contribution in [0.2, 0.25) is 0 Å². The molecular formula is C16H28O7. The van der Waals surface area contributed by atoms with Gasteiger partial charge in [0.05, 0.1) is 19.3 Å². The summed E-state index contributed by atoms with van der Waals surface area (Å²) in [6.45, 7) is 5.23. The van der Waals surface area contributed by atoms with Crippen molar-refractivity contribution in [1.29, 1.82) is 0 Å². The van der Waals surface area contributed by atoms with Gasteiger partial charge in [0.2, 0.25) is 0 Å². The molecule has 7 nitrogen and oxygen atoms in total. The highest BCUT2D eigenvalue weighted by Crippen LogP contribution is 2.22. The zero-order chi connectivity index (χ0) is 17.6. The fourth-order valence-electron chi connectivity index (χ4n) is 2.15. The Morgan fingerprint density at radius 3 is 2.30 bits per heavy atom. The predicted molar refractivity (Wildman–Crippen MR) is 83.5 cm³/mol. The Kier molecular flexibility index (Phi) is 8.35. The van der Waals surface area contributed by atoms with E-state index in [9.17, 15) is 20.4 Å². The van der Waals surface area contributed by atoms with Gasteiger partial charge in [0.15, 0.2) is 6.29 Å². The number of hydrogen-bond donors (Lipinski definition) is 5. The standard InChI is InChI=1S/C16H28O7/c1-9(2)4-5-11(18)10(3)6-7-22-16-15(21)14(20)13(19)12(8-17)23-16/h4,6,11-21H,5,7-8H2,1-3H3/t11-,12-,13-,14+,15-,16-/m1/s1. The van der Waals surface area contributed by atoms with Crippen molar-refractivity contribution in [2.75, 3.05) is 13.2 Å². The van der Waals surface area contributed by atoms with Gasteiger partial charge in [0.25, 0.3) is 0 Å². The first-order chi connectivity index (χ1) is 10.8. The van der Waals surface area contributed by atoms with Crippen LogP contribution in [0.3, 0.4) is 0 Å². The molecule has 1 heterocycles. The van der Waals surface area contributed by atoms with Crippen molar-refractivity contribution in [3.63, 3.8) is 0 Å². The zero-order valence-corrected chi connectivity index (χ0v) is 13.8. The molecule has 5 N–H and O–H groups in total. The molecule has 1 aliphatic rings. The van der Waals surface area contributed by atoms with E-state index in [2.05, 4.69) is 0 Å². The smallest absolute Gasteiger partial charge is 0.187 e. The number of rotatable bonds is 7. The van der Waals surface area contributed by atoms with Gasteiger partial charge in [-0.3, -0.25) is 0 Å². The Morgan fingerprint density at radius 1 is 1.09 bits per heavy atom. The summed E-state index contributed by atoms with van der Waals surface area (Å²) >= 11 is 0. The maximum atomic E-state index is 9.96. The first-order valence-corrected chi connectivity index (χ1v) is 7.68. The van der Waals surface area contributed by atoms with E-state index in [-0.39, 0.29) is 6.61 Å². The van der Waals surface area contributed by atoms with Crippen LogP contribution in [0.1, 0.15) is 27.2 Å². The molecule has 0 amide bonds. The first-order valence-electron chi connectivity index (χ1n) is 7.68. The maximum Gasteiger partial charge on any atom is 0.187 e. The molecule has 0 aromatic carbocycles. The van der Waals surface area contributed by atoms with Crippen molar-refractivity contribution in [2.45, 2.75) is 64.0 Å². The normalized spacial score (nSPS) is 33.4. The lowest BCUT2D eigenvalue weighted by Gasteiger charge is -2.39. The third-order valence-corrected chi connectivity index (χ3v) is 3.79. The third kappa shape index (κ3) is 5.96. The molecule has 0 radical (unpaired) electrons. The Balaban J connectivity index is 2.53. The average molecular weight is 332 g/mol. The first kappa shape index (κ1) is 20.2. The van der Waals surface area contributed by atoms with Gasteiger partial charge >= 0.3 is 0 Å². The van der Waals surface area contributed by atoms with E-state index >= 15 is 0 Å². The van der Waals surface area contributed by atoms with E-state index in [4.69, 9.17) is 14.6 Å².